The summed E-state index contributed by atoms with van der Waals surface area (Å²) in [5.41, 5.74) is 3.23. The molecule has 4 nitrogen and oxygen atoms in total. The summed E-state index contributed by atoms with van der Waals surface area (Å²) in [5.74, 6) is -0.645. The van der Waals surface area contributed by atoms with Crippen molar-refractivity contribution >= 4 is 27.9 Å². The summed E-state index contributed by atoms with van der Waals surface area (Å²) < 4.78 is 15.4. The molecule has 0 aliphatic rings. The highest BCUT2D eigenvalue weighted by Crippen LogP contribution is 2.24. The lowest BCUT2D eigenvalue weighted by molar-refractivity contribution is 0.102. The molecule has 2 aromatic heterocycles. The van der Waals surface area contributed by atoms with Crippen molar-refractivity contribution in [3.63, 3.8) is 0 Å². The SMILES string of the molecule is Cc1ccc(NC(=O)c2csc3nc(-c4ccccc4)cn23)cc1F. The number of thiazole rings is 1. The Labute approximate surface area is 147 Å². The lowest BCUT2D eigenvalue weighted by atomic mass is 10.2. The van der Waals surface area contributed by atoms with Gasteiger partial charge in [0, 0.05) is 22.8 Å². The molecule has 0 unspecified atom stereocenters. The second-order valence-corrected chi connectivity index (χ2v) is 6.52. The van der Waals surface area contributed by atoms with Crippen LogP contribution in [0.4, 0.5) is 10.1 Å². The molecule has 0 fully saturated rings. The lowest BCUT2D eigenvalue weighted by Crippen LogP contribution is -2.14. The zero-order chi connectivity index (χ0) is 17.4. The first-order valence-corrected chi connectivity index (χ1v) is 8.59. The summed E-state index contributed by atoms with van der Waals surface area (Å²) in [6, 6.07) is 14.4. The summed E-state index contributed by atoms with van der Waals surface area (Å²) >= 11 is 1.39. The number of aromatic nitrogens is 2. The number of nitrogens with one attached hydrogen (secondary N) is 1. The monoisotopic (exact) mass is 351 g/mol. The number of fused-ring (bicyclic) bond motifs is 1. The number of hydrogen-bond acceptors (Lipinski definition) is 3. The van der Waals surface area contributed by atoms with Gasteiger partial charge in [-0.05, 0) is 24.6 Å². The average molecular weight is 351 g/mol. The Morgan fingerprint density at radius 2 is 2.00 bits per heavy atom. The average Bonchev–Trinajstić information content (AvgIpc) is 3.19. The zero-order valence-electron chi connectivity index (χ0n) is 13.4. The predicted molar refractivity (Wildman–Crippen MR) is 97.6 cm³/mol. The van der Waals surface area contributed by atoms with Gasteiger partial charge in [-0.1, -0.05) is 36.4 Å². The van der Waals surface area contributed by atoms with Crippen molar-refractivity contribution < 1.29 is 9.18 Å². The normalized spacial score (nSPS) is 11.0. The van der Waals surface area contributed by atoms with E-state index in [1.54, 1.807) is 28.8 Å². The van der Waals surface area contributed by atoms with Crippen LogP contribution in [0, 0.1) is 12.7 Å². The molecule has 0 saturated heterocycles. The number of halogens is 1. The van der Waals surface area contributed by atoms with E-state index in [0.29, 0.717) is 16.9 Å². The molecule has 6 heteroatoms. The van der Waals surface area contributed by atoms with Crippen molar-refractivity contribution in [3.05, 3.63) is 77.2 Å². The van der Waals surface area contributed by atoms with Crippen molar-refractivity contribution in [1.82, 2.24) is 9.38 Å². The maximum absolute atomic E-state index is 13.7. The third-order valence-corrected chi connectivity index (χ3v) is 4.78. The molecular formula is C19H14FN3OS. The Bertz CT molecular complexity index is 1070. The molecule has 2 heterocycles. The fourth-order valence-electron chi connectivity index (χ4n) is 2.56. The zero-order valence-corrected chi connectivity index (χ0v) is 14.2. The Hall–Kier alpha value is -2.99. The highest BCUT2D eigenvalue weighted by Gasteiger charge is 2.15. The van der Waals surface area contributed by atoms with E-state index < -0.39 is 0 Å². The standard InChI is InChI=1S/C19H14FN3OS/c1-12-7-8-14(9-15(12)20)21-18(24)17-11-25-19-22-16(10-23(17)19)13-5-3-2-4-6-13/h2-11H,1H3,(H,21,24). The van der Waals surface area contributed by atoms with Gasteiger partial charge in [-0.15, -0.1) is 11.3 Å². The van der Waals surface area contributed by atoms with Crippen molar-refractivity contribution in [2.75, 3.05) is 5.32 Å². The van der Waals surface area contributed by atoms with Gasteiger partial charge in [0.25, 0.3) is 5.91 Å². The summed E-state index contributed by atoms with van der Waals surface area (Å²) in [4.78, 5) is 17.9. The van der Waals surface area contributed by atoms with Crippen LogP contribution in [-0.2, 0) is 0 Å². The number of rotatable bonds is 3. The molecule has 0 spiro atoms. The van der Waals surface area contributed by atoms with Gasteiger partial charge in [0.15, 0.2) is 4.96 Å². The fourth-order valence-corrected chi connectivity index (χ4v) is 3.41. The van der Waals surface area contributed by atoms with E-state index in [1.807, 2.05) is 36.5 Å². The highest BCUT2D eigenvalue weighted by atomic mass is 32.1. The number of amides is 1. The third-order valence-electron chi connectivity index (χ3n) is 3.94. The Kier molecular flexibility index (Phi) is 3.82. The van der Waals surface area contributed by atoms with Gasteiger partial charge in [-0.2, -0.15) is 0 Å². The van der Waals surface area contributed by atoms with Crippen LogP contribution in [0.2, 0.25) is 0 Å². The number of nitrogens with zero attached hydrogens (tertiary/aromatic N) is 2. The Balaban J connectivity index is 1.65. The number of carbonyl (C=O) groups is 1. The van der Waals surface area contributed by atoms with Crippen molar-refractivity contribution in [1.29, 1.82) is 0 Å². The van der Waals surface area contributed by atoms with E-state index in [2.05, 4.69) is 10.3 Å². The highest BCUT2D eigenvalue weighted by molar-refractivity contribution is 7.15. The van der Waals surface area contributed by atoms with Gasteiger partial charge >= 0.3 is 0 Å². The minimum atomic E-state index is -0.345. The smallest absolute Gasteiger partial charge is 0.273 e. The van der Waals surface area contributed by atoms with Gasteiger partial charge in [0.1, 0.15) is 11.5 Å². The summed E-state index contributed by atoms with van der Waals surface area (Å²) in [5, 5.41) is 4.48. The van der Waals surface area contributed by atoms with Crippen LogP contribution >= 0.6 is 11.3 Å². The minimum absolute atomic E-state index is 0.300. The van der Waals surface area contributed by atoms with Crippen molar-refractivity contribution in [2.45, 2.75) is 6.92 Å². The summed E-state index contributed by atoms with van der Waals surface area (Å²) in [7, 11) is 0. The van der Waals surface area contributed by atoms with Crippen LogP contribution in [0.5, 0.6) is 0 Å². The quantitative estimate of drug-likeness (QED) is 0.578. The number of hydrogen-bond donors (Lipinski definition) is 1. The lowest BCUT2D eigenvalue weighted by Gasteiger charge is -2.05. The van der Waals surface area contributed by atoms with Gasteiger partial charge in [-0.3, -0.25) is 9.20 Å². The second-order valence-electron chi connectivity index (χ2n) is 5.68. The Morgan fingerprint density at radius 3 is 2.76 bits per heavy atom. The first-order chi connectivity index (χ1) is 12.1. The molecule has 1 N–H and O–H groups in total. The van der Waals surface area contributed by atoms with E-state index in [0.717, 1.165) is 16.2 Å². The Morgan fingerprint density at radius 1 is 1.20 bits per heavy atom. The molecule has 0 atom stereocenters. The molecule has 124 valence electrons. The van der Waals surface area contributed by atoms with Gasteiger partial charge in [-0.25, -0.2) is 9.37 Å². The van der Waals surface area contributed by atoms with E-state index in [1.165, 1.54) is 17.4 Å². The van der Waals surface area contributed by atoms with Crippen molar-refractivity contribution in [2.24, 2.45) is 0 Å². The fraction of sp³-hybridized carbons (Fsp3) is 0.0526. The summed E-state index contributed by atoms with van der Waals surface area (Å²) in [6.07, 6.45) is 1.84. The van der Waals surface area contributed by atoms with Gasteiger partial charge in [0.2, 0.25) is 0 Å². The van der Waals surface area contributed by atoms with E-state index in [9.17, 15) is 9.18 Å². The first-order valence-electron chi connectivity index (χ1n) is 7.71. The van der Waals surface area contributed by atoms with Crippen molar-refractivity contribution in [3.8, 4) is 11.3 Å². The van der Waals surface area contributed by atoms with Gasteiger partial charge in [0.05, 0.1) is 5.69 Å². The van der Waals surface area contributed by atoms with Crippen LogP contribution in [0.25, 0.3) is 16.2 Å². The number of imidazole rings is 1. The van der Waals surface area contributed by atoms with Gasteiger partial charge < -0.3 is 5.32 Å². The van der Waals surface area contributed by atoms with E-state index >= 15 is 0 Å². The van der Waals surface area contributed by atoms with Crippen LogP contribution < -0.4 is 5.32 Å². The maximum atomic E-state index is 13.7. The third kappa shape index (κ3) is 2.92. The molecule has 0 saturated carbocycles. The number of anilines is 1. The molecule has 2 aromatic carbocycles. The molecule has 4 rings (SSSR count). The minimum Gasteiger partial charge on any atom is -0.321 e. The molecular weight excluding hydrogens is 337 g/mol. The van der Waals surface area contributed by atoms with Crippen LogP contribution in [-0.4, -0.2) is 15.3 Å². The predicted octanol–water partition coefficient (Wildman–Crippen LogP) is 4.76. The van der Waals surface area contributed by atoms with Crippen LogP contribution in [0.1, 0.15) is 16.1 Å². The van der Waals surface area contributed by atoms with E-state index in [-0.39, 0.29) is 11.7 Å². The molecule has 4 aromatic rings. The molecule has 0 aliphatic heterocycles. The molecule has 25 heavy (non-hydrogen) atoms. The van der Waals surface area contributed by atoms with E-state index in [4.69, 9.17) is 0 Å². The number of benzene rings is 2. The molecule has 0 radical (unpaired) electrons. The second kappa shape index (κ2) is 6.14. The van der Waals surface area contributed by atoms with Crippen LogP contribution in [0.3, 0.4) is 0 Å². The number of aryl methyl sites for hydroxylation is 1. The molecule has 1 amide bonds. The largest absolute Gasteiger partial charge is 0.321 e. The topological polar surface area (TPSA) is 46.4 Å². The number of carbonyl (C=O) groups excluding carboxylic acids is 1. The first kappa shape index (κ1) is 15.5. The molecule has 0 bridgehead atoms. The van der Waals surface area contributed by atoms with Crippen LogP contribution in [0.15, 0.2) is 60.1 Å². The summed E-state index contributed by atoms with van der Waals surface area (Å²) in [6.45, 7) is 1.68. The molecule has 0 aliphatic carbocycles. The maximum Gasteiger partial charge on any atom is 0.273 e.